The van der Waals surface area contributed by atoms with Crippen molar-refractivity contribution in [1.29, 1.82) is 0 Å². The molecule has 0 bridgehead atoms. The van der Waals surface area contributed by atoms with E-state index in [-0.39, 0.29) is 23.7 Å². The quantitative estimate of drug-likeness (QED) is 0.832. The standard InChI is InChI=1S/C14H28N2O.ClH/c1-10(14(3,4)5)8-13(17)16-12-6-7-15-11(2)9-12;/h10-12,15H,6-9H2,1-5H3,(H,16,17);1H. The molecule has 0 saturated carbocycles. The lowest BCUT2D eigenvalue weighted by Crippen LogP contribution is -2.47. The molecular formula is C14H29ClN2O. The molecule has 1 saturated heterocycles. The van der Waals surface area contributed by atoms with Gasteiger partial charge in [0.1, 0.15) is 0 Å². The number of piperidine rings is 1. The van der Waals surface area contributed by atoms with Gasteiger partial charge in [-0.1, -0.05) is 27.7 Å². The molecule has 1 amide bonds. The molecule has 0 aromatic rings. The van der Waals surface area contributed by atoms with Crippen LogP contribution in [0.15, 0.2) is 0 Å². The second-order valence-corrected chi connectivity index (χ2v) is 6.62. The van der Waals surface area contributed by atoms with Gasteiger partial charge in [0.05, 0.1) is 0 Å². The average molecular weight is 277 g/mol. The lowest BCUT2D eigenvalue weighted by atomic mass is 9.80. The van der Waals surface area contributed by atoms with Gasteiger partial charge in [-0.2, -0.15) is 0 Å². The van der Waals surface area contributed by atoms with Crippen molar-refractivity contribution < 1.29 is 4.79 Å². The van der Waals surface area contributed by atoms with Crippen LogP contribution in [0.1, 0.15) is 53.9 Å². The highest BCUT2D eigenvalue weighted by Gasteiger charge is 2.25. The Morgan fingerprint density at radius 3 is 2.56 bits per heavy atom. The monoisotopic (exact) mass is 276 g/mol. The predicted octanol–water partition coefficient (Wildman–Crippen LogP) is 2.74. The van der Waals surface area contributed by atoms with Crippen LogP contribution in [0.2, 0.25) is 0 Å². The first kappa shape index (κ1) is 17.7. The van der Waals surface area contributed by atoms with E-state index in [9.17, 15) is 4.79 Å². The van der Waals surface area contributed by atoms with E-state index in [1.807, 2.05) is 0 Å². The number of carbonyl (C=O) groups excluding carboxylic acids is 1. The van der Waals surface area contributed by atoms with Crippen LogP contribution in [0.5, 0.6) is 0 Å². The second kappa shape index (κ2) is 7.34. The van der Waals surface area contributed by atoms with Crippen LogP contribution >= 0.6 is 12.4 Å². The molecule has 18 heavy (non-hydrogen) atoms. The summed E-state index contributed by atoms with van der Waals surface area (Å²) in [6.45, 7) is 11.9. The molecule has 0 spiro atoms. The Bertz CT molecular complexity index is 263. The third-order valence-corrected chi connectivity index (χ3v) is 3.96. The summed E-state index contributed by atoms with van der Waals surface area (Å²) in [5.41, 5.74) is 0.207. The number of hydrogen-bond donors (Lipinski definition) is 2. The predicted molar refractivity (Wildman–Crippen MR) is 79.1 cm³/mol. The first-order chi connectivity index (χ1) is 7.79. The van der Waals surface area contributed by atoms with Gasteiger partial charge in [-0.3, -0.25) is 4.79 Å². The maximum atomic E-state index is 11.9. The first-order valence-corrected chi connectivity index (χ1v) is 6.81. The van der Waals surface area contributed by atoms with E-state index in [0.717, 1.165) is 19.4 Å². The average Bonchev–Trinajstić information content (AvgIpc) is 2.15. The molecule has 3 atom stereocenters. The molecule has 1 aliphatic rings. The van der Waals surface area contributed by atoms with Crippen LogP contribution in [0, 0.1) is 11.3 Å². The van der Waals surface area contributed by atoms with Gasteiger partial charge in [-0.15, -0.1) is 12.4 Å². The molecule has 3 nitrogen and oxygen atoms in total. The Morgan fingerprint density at radius 2 is 2.06 bits per heavy atom. The third-order valence-electron chi connectivity index (χ3n) is 3.96. The summed E-state index contributed by atoms with van der Waals surface area (Å²) >= 11 is 0. The maximum Gasteiger partial charge on any atom is 0.220 e. The van der Waals surface area contributed by atoms with Crippen LogP contribution in [0.3, 0.4) is 0 Å². The van der Waals surface area contributed by atoms with Crippen molar-refractivity contribution in [3.63, 3.8) is 0 Å². The molecule has 0 aromatic heterocycles. The summed E-state index contributed by atoms with van der Waals surface area (Å²) < 4.78 is 0. The van der Waals surface area contributed by atoms with Gasteiger partial charge < -0.3 is 10.6 Å². The van der Waals surface area contributed by atoms with Gasteiger partial charge in [-0.25, -0.2) is 0 Å². The topological polar surface area (TPSA) is 41.1 Å². The summed E-state index contributed by atoms with van der Waals surface area (Å²) in [6.07, 6.45) is 2.75. The van der Waals surface area contributed by atoms with Gasteiger partial charge in [0.15, 0.2) is 0 Å². The molecule has 2 N–H and O–H groups in total. The first-order valence-electron chi connectivity index (χ1n) is 6.81. The van der Waals surface area contributed by atoms with Crippen molar-refractivity contribution in [3.8, 4) is 0 Å². The molecule has 1 fully saturated rings. The second-order valence-electron chi connectivity index (χ2n) is 6.62. The fourth-order valence-electron chi connectivity index (χ4n) is 2.13. The van der Waals surface area contributed by atoms with Gasteiger partial charge in [-0.05, 0) is 37.6 Å². The number of rotatable bonds is 3. The summed E-state index contributed by atoms with van der Waals surface area (Å²) in [5, 5.41) is 6.57. The Hall–Kier alpha value is -0.280. The van der Waals surface area contributed by atoms with Crippen molar-refractivity contribution in [1.82, 2.24) is 10.6 Å². The van der Waals surface area contributed by atoms with Crippen LogP contribution in [0.4, 0.5) is 0 Å². The number of halogens is 1. The molecule has 1 aliphatic heterocycles. The summed E-state index contributed by atoms with van der Waals surface area (Å²) in [4.78, 5) is 11.9. The third kappa shape index (κ3) is 6.05. The zero-order valence-corrected chi connectivity index (χ0v) is 13.2. The lowest BCUT2D eigenvalue weighted by molar-refractivity contribution is -0.123. The minimum absolute atomic E-state index is 0. The van der Waals surface area contributed by atoms with E-state index < -0.39 is 0 Å². The van der Waals surface area contributed by atoms with E-state index in [1.165, 1.54) is 0 Å². The Labute approximate surface area is 118 Å². The smallest absolute Gasteiger partial charge is 0.220 e. The normalized spacial score (nSPS) is 26.1. The number of amides is 1. The highest BCUT2D eigenvalue weighted by atomic mass is 35.5. The minimum atomic E-state index is 0. The van der Waals surface area contributed by atoms with Crippen molar-refractivity contribution >= 4 is 18.3 Å². The van der Waals surface area contributed by atoms with Crippen molar-refractivity contribution in [2.45, 2.75) is 66.0 Å². The van der Waals surface area contributed by atoms with Crippen molar-refractivity contribution in [2.75, 3.05) is 6.54 Å². The highest BCUT2D eigenvalue weighted by Crippen LogP contribution is 2.27. The Balaban J connectivity index is 0.00000289. The molecule has 108 valence electrons. The molecule has 3 unspecified atom stereocenters. The van der Waals surface area contributed by atoms with E-state index in [1.54, 1.807) is 0 Å². The van der Waals surface area contributed by atoms with Crippen LogP contribution < -0.4 is 10.6 Å². The molecule has 1 rings (SSSR count). The Kier molecular flexibility index (Phi) is 7.23. The van der Waals surface area contributed by atoms with Gasteiger partial charge in [0, 0.05) is 18.5 Å². The van der Waals surface area contributed by atoms with Gasteiger partial charge >= 0.3 is 0 Å². The summed E-state index contributed by atoms with van der Waals surface area (Å²) in [6, 6.07) is 0.889. The van der Waals surface area contributed by atoms with Crippen molar-refractivity contribution in [3.05, 3.63) is 0 Å². The van der Waals surface area contributed by atoms with E-state index in [4.69, 9.17) is 0 Å². The number of nitrogens with one attached hydrogen (secondary N) is 2. The van der Waals surface area contributed by atoms with E-state index >= 15 is 0 Å². The zero-order valence-electron chi connectivity index (χ0n) is 12.4. The van der Waals surface area contributed by atoms with Crippen molar-refractivity contribution in [2.24, 2.45) is 11.3 Å². The molecule has 1 heterocycles. The maximum absolute atomic E-state index is 11.9. The summed E-state index contributed by atoms with van der Waals surface area (Å²) in [7, 11) is 0. The van der Waals surface area contributed by atoms with Gasteiger partial charge in [0.2, 0.25) is 5.91 Å². The largest absolute Gasteiger partial charge is 0.353 e. The Morgan fingerprint density at radius 1 is 1.44 bits per heavy atom. The minimum Gasteiger partial charge on any atom is -0.353 e. The number of carbonyl (C=O) groups is 1. The highest BCUT2D eigenvalue weighted by molar-refractivity contribution is 5.85. The van der Waals surface area contributed by atoms with Gasteiger partial charge in [0.25, 0.3) is 0 Å². The lowest BCUT2D eigenvalue weighted by Gasteiger charge is -2.31. The van der Waals surface area contributed by atoms with E-state index in [2.05, 4.69) is 45.3 Å². The molecular weight excluding hydrogens is 248 g/mol. The van der Waals surface area contributed by atoms with Crippen LogP contribution in [-0.4, -0.2) is 24.5 Å². The molecule has 4 heteroatoms. The summed E-state index contributed by atoms with van der Waals surface area (Å²) in [5.74, 6) is 0.633. The SMILES string of the molecule is CC1CC(NC(=O)CC(C)C(C)(C)C)CCN1.Cl. The molecule has 0 radical (unpaired) electrons. The number of hydrogen-bond acceptors (Lipinski definition) is 2. The fourth-order valence-corrected chi connectivity index (χ4v) is 2.13. The van der Waals surface area contributed by atoms with Crippen LogP contribution in [-0.2, 0) is 4.79 Å². The molecule has 0 aromatic carbocycles. The zero-order chi connectivity index (χ0) is 13.1. The van der Waals surface area contributed by atoms with E-state index in [0.29, 0.717) is 24.4 Å². The molecule has 0 aliphatic carbocycles. The fraction of sp³-hybridized carbons (Fsp3) is 0.929. The van der Waals surface area contributed by atoms with Crippen LogP contribution in [0.25, 0.3) is 0 Å².